The maximum Gasteiger partial charge on any atom is 0.343 e. The van der Waals surface area contributed by atoms with Crippen LogP contribution in [-0.4, -0.2) is 24.6 Å². The summed E-state index contributed by atoms with van der Waals surface area (Å²) in [6.45, 7) is 7.18. The molecule has 0 saturated carbocycles. The summed E-state index contributed by atoms with van der Waals surface area (Å²) in [6.07, 6.45) is 21.2. The van der Waals surface area contributed by atoms with Crippen LogP contribution in [0.3, 0.4) is 0 Å². The zero-order valence-corrected chi connectivity index (χ0v) is 30.3. The molecule has 0 unspecified atom stereocenters. The van der Waals surface area contributed by atoms with E-state index in [-0.39, 0.29) is 17.4 Å². The number of ether oxygens (including phenoxy) is 3. The molecule has 0 aliphatic carbocycles. The van der Waals surface area contributed by atoms with E-state index in [2.05, 4.69) is 20.8 Å². The molecule has 6 heteroatoms. The van der Waals surface area contributed by atoms with E-state index in [0.29, 0.717) is 5.56 Å². The zero-order valence-electron chi connectivity index (χ0n) is 30.3. The summed E-state index contributed by atoms with van der Waals surface area (Å²) in [7, 11) is 0. The van der Waals surface area contributed by atoms with E-state index in [1.165, 1.54) is 82.8 Å². The van der Waals surface area contributed by atoms with Gasteiger partial charge in [0.25, 0.3) is 0 Å². The van der Waals surface area contributed by atoms with Gasteiger partial charge in [0, 0.05) is 0 Å². The van der Waals surface area contributed by atoms with E-state index < -0.39 is 17.8 Å². The molecule has 268 valence electrons. The molecule has 0 aliphatic heterocycles. The smallest absolute Gasteiger partial charge is 0.343 e. The number of hydrogen-bond donors (Lipinski definition) is 0. The van der Waals surface area contributed by atoms with Crippen molar-refractivity contribution in [2.45, 2.75) is 142 Å². The second-order valence-corrected chi connectivity index (χ2v) is 13.2. The van der Waals surface area contributed by atoms with Crippen LogP contribution in [0.2, 0.25) is 0 Å². The third-order valence-electron chi connectivity index (χ3n) is 8.98. The molecule has 0 fully saturated rings. The van der Waals surface area contributed by atoms with Gasteiger partial charge in [0.05, 0.1) is 17.7 Å². The molecule has 3 aromatic rings. The van der Waals surface area contributed by atoms with Gasteiger partial charge in [0.15, 0.2) is 11.6 Å². The molecule has 0 spiro atoms. The van der Waals surface area contributed by atoms with Gasteiger partial charge in [-0.05, 0) is 72.9 Å². The Bertz CT molecular complexity index is 1340. The maximum absolute atomic E-state index is 14.9. The van der Waals surface area contributed by atoms with E-state index in [9.17, 15) is 14.0 Å². The Morgan fingerprint density at radius 1 is 0.571 bits per heavy atom. The molecular weight excluding hydrogens is 615 g/mol. The van der Waals surface area contributed by atoms with Gasteiger partial charge in [0.1, 0.15) is 11.9 Å². The van der Waals surface area contributed by atoms with Crippen LogP contribution in [0.1, 0.15) is 157 Å². The van der Waals surface area contributed by atoms with Gasteiger partial charge < -0.3 is 14.2 Å². The lowest BCUT2D eigenvalue weighted by atomic mass is 10.0. The topological polar surface area (TPSA) is 61.8 Å². The molecule has 5 nitrogen and oxygen atoms in total. The predicted octanol–water partition coefficient (Wildman–Crippen LogP) is 12.7. The fourth-order valence-corrected chi connectivity index (χ4v) is 5.89. The van der Waals surface area contributed by atoms with E-state index in [4.69, 9.17) is 14.2 Å². The first-order chi connectivity index (χ1) is 23.9. The highest BCUT2D eigenvalue weighted by atomic mass is 19.1. The largest absolute Gasteiger partial charge is 0.494 e. The molecule has 3 aromatic carbocycles. The van der Waals surface area contributed by atoms with Crippen molar-refractivity contribution in [3.05, 3.63) is 83.7 Å². The standard InChI is InChI=1S/C43H59FO5/c1-4-7-10-11-12-13-14-15-16-17-18-19-32-47-38-29-26-35(27-30-38)34-22-24-36(25-23-34)42(45)49-41-31-28-37(33-40(41)44)43(46)48-39(20-8-5-2)21-9-6-3/h22-31,33,39H,4-21,32H2,1-3H3. The van der Waals surface area contributed by atoms with Gasteiger partial charge in [-0.15, -0.1) is 0 Å². The third kappa shape index (κ3) is 15.2. The number of esters is 2. The first kappa shape index (κ1) is 39.8. The van der Waals surface area contributed by atoms with Crippen molar-refractivity contribution in [2.75, 3.05) is 6.61 Å². The summed E-state index contributed by atoms with van der Waals surface area (Å²) in [6, 6.07) is 18.7. The number of unbranched alkanes of at least 4 members (excludes halogenated alkanes) is 13. The summed E-state index contributed by atoms with van der Waals surface area (Å²) >= 11 is 0. The summed E-state index contributed by atoms with van der Waals surface area (Å²) in [4.78, 5) is 25.5. The van der Waals surface area contributed by atoms with Crippen LogP contribution in [0.5, 0.6) is 11.5 Å². The highest BCUT2D eigenvalue weighted by Crippen LogP contribution is 2.25. The number of carbonyl (C=O) groups excluding carboxylic acids is 2. The lowest BCUT2D eigenvalue weighted by Gasteiger charge is -2.17. The Morgan fingerprint density at radius 3 is 1.59 bits per heavy atom. The number of hydrogen-bond acceptors (Lipinski definition) is 5. The first-order valence-corrected chi connectivity index (χ1v) is 19.0. The molecule has 0 bridgehead atoms. The third-order valence-corrected chi connectivity index (χ3v) is 8.98. The van der Waals surface area contributed by atoms with Gasteiger partial charge in [-0.3, -0.25) is 0 Å². The minimum Gasteiger partial charge on any atom is -0.494 e. The summed E-state index contributed by atoms with van der Waals surface area (Å²) in [5, 5.41) is 0. The van der Waals surface area contributed by atoms with Gasteiger partial charge in [-0.25, -0.2) is 14.0 Å². The van der Waals surface area contributed by atoms with Crippen LogP contribution in [0.15, 0.2) is 66.7 Å². The average Bonchev–Trinajstić information content (AvgIpc) is 3.12. The Morgan fingerprint density at radius 2 is 1.06 bits per heavy atom. The second-order valence-electron chi connectivity index (χ2n) is 13.2. The lowest BCUT2D eigenvalue weighted by Crippen LogP contribution is -2.19. The Kier molecular flexibility index (Phi) is 19.2. The summed E-state index contributed by atoms with van der Waals surface area (Å²) in [5.41, 5.74) is 2.33. The van der Waals surface area contributed by atoms with Gasteiger partial charge in [0.2, 0.25) is 0 Å². The van der Waals surface area contributed by atoms with E-state index in [0.717, 1.165) is 74.5 Å². The zero-order chi connectivity index (χ0) is 35.1. The quantitative estimate of drug-likeness (QED) is 0.0508. The minimum absolute atomic E-state index is 0.0976. The molecule has 0 amide bonds. The van der Waals surface area contributed by atoms with Crippen molar-refractivity contribution in [1.29, 1.82) is 0 Å². The minimum atomic E-state index is -0.792. The molecule has 0 atom stereocenters. The highest BCUT2D eigenvalue weighted by molar-refractivity contribution is 5.92. The summed E-state index contributed by atoms with van der Waals surface area (Å²) in [5.74, 6) is -1.43. The molecule has 0 saturated heterocycles. The van der Waals surface area contributed by atoms with Crippen molar-refractivity contribution < 1.29 is 28.2 Å². The van der Waals surface area contributed by atoms with Crippen LogP contribution < -0.4 is 9.47 Å². The van der Waals surface area contributed by atoms with Crippen molar-refractivity contribution in [3.63, 3.8) is 0 Å². The molecule has 0 aliphatic rings. The fraction of sp³-hybridized carbons (Fsp3) is 0.535. The fourth-order valence-electron chi connectivity index (χ4n) is 5.89. The van der Waals surface area contributed by atoms with Crippen molar-refractivity contribution >= 4 is 11.9 Å². The van der Waals surface area contributed by atoms with E-state index >= 15 is 0 Å². The monoisotopic (exact) mass is 674 g/mol. The maximum atomic E-state index is 14.9. The van der Waals surface area contributed by atoms with Gasteiger partial charge >= 0.3 is 11.9 Å². The molecule has 0 N–H and O–H groups in total. The molecule has 0 aromatic heterocycles. The first-order valence-electron chi connectivity index (χ1n) is 19.0. The lowest BCUT2D eigenvalue weighted by molar-refractivity contribution is 0.0250. The van der Waals surface area contributed by atoms with Crippen LogP contribution in [0.25, 0.3) is 11.1 Å². The SMILES string of the molecule is CCCCCCCCCCCCCCOc1ccc(-c2ccc(C(=O)Oc3ccc(C(=O)OC(CCCC)CCCC)cc3F)cc2)cc1. The average molecular weight is 675 g/mol. The number of rotatable bonds is 25. The number of carbonyl (C=O) groups is 2. The normalized spacial score (nSPS) is 11.1. The van der Waals surface area contributed by atoms with Gasteiger partial charge in [-0.2, -0.15) is 0 Å². The van der Waals surface area contributed by atoms with Crippen molar-refractivity contribution in [1.82, 2.24) is 0 Å². The van der Waals surface area contributed by atoms with Crippen LogP contribution >= 0.6 is 0 Å². The number of halogens is 1. The van der Waals surface area contributed by atoms with Crippen LogP contribution in [0, 0.1) is 5.82 Å². The molecular formula is C43H59FO5. The Hall–Kier alpha value is -3.67. The predicted molar refractivity (Wildman–Crippen MR) is 198 cm³/mol. The van der Waals surface area contributed by atoms with Crippen molar-refractivity contribution in [2.24, 2.45) is 0 Å². The molecule has 49 heavy (non-hydrogen) atoms. The number of benzene rings is 3. The van der Waals surface area contributed by atoms with Crippen LogP contribution in [0.4, 0.5) is 4.39 Å². The van der Waals surface area contributed by atoms with Gasteiger partial charge in [-0.1, -0.05) is 141 Å². The molecule has 0 heterocycles. The summed E-state index contributed by atoms with van der Waals surface area (Å²) < 4.78 is 31.8. The molecule has 3 rings (SSSR count). The Balaban J connectivity index is 1.39. The molecule has 0 radical (unpaired) electrons. The van der Waals surface area contributed by atoms with Crippen LogP contribution in [-0.2, 0) is 4.74 Å². The Labute approximate surface area is 294 Å². The van der Waals surface area contributed by atoms with E-state index in [1.54, 1.807) is 12.1 Å². The second kappa shape index (κ2) is 23.6. The highest BCUT2D eigenvalue weighted by Gasteiger charge is 2.19. The van der Waals surface area contributed by atoms with E-state index in [1.807, 2.05) is 36.4 Å². The van der Waals surface area contributed by atoms with Crippen molar-refractivity contribution in [3.8, 4) is 22.6 Å².